The van der Waals surface area contributed by atoms with Crippen LogP contribution in [0.5, 0.6) is 5.75 Å². The molecule has 2 amide bonds. The van der Waals surface area contributed by atoms with Crippen molar-refractivity contribution in [2.75, 3.05) is 0 Å². The molecule has 0 aromatic heterocycles. The Morgan fingerprint density at radius 1 is 1.23 bits per heavy atom. The van der Waals surface area contributed by atoms with Crippen LogP contribution in [0.2, 0.25) is 0 Å². The number of halogens is 1. The number of hydrazine groups is 1. The highest BCUT2D eigenvalue weighted by molar-refractivity contribution is 5.87. The van der Waals surface area contributed by atoms with Gasteiger partial charge in [0.1, 0.15) is 0 Å². The topological polar surface area (TPSA) is 67.4 Å². The van der Waals surface area contributed by atoms with Gasteiger partial charge in [0.15, 0.2) is 17.7 Å². The molecule has 2 rings (SSSR count). The third-order valence-electron chi connectivity index (χ3n) is 4.06. The fourth-order valence-electron chi connectivity index (χ4n) is 2.54. The van der Waals surface area contributed by atoms with Gasteiger partial charge < -0.3 is 4.74 Å². The fourth-order valence-corrected chi connectivity index (χ4v) is 2.54. The molecule has 1 aliphatic carbocycles. The van der Waals surface area contributed by atoms with E-state index in [0.29, 0.717) is 0 Å². The van der Waals surface area contributed by atoms with Crippen LogP contribution in [0.1, 0.15) is 39.5 Å². The molecule has 1 unspecified atom stereocenters. The molecule has 1 aromatic carbocycles. The van der Waals surface area contributed by atoms with Crippen molar-refractivity contribution in [3.8, 4) is 5.75 Å². The van der Waals surface area contributed by atoms with E-state index in [2.05, 4.69) is 10.9 Å². The maximum absolute atomic E-state index is 13.5. The smallest absolute Gasteiger partial charge is 0.279 e. The van der Waals surface area contributed by atoms with E-state index in [9.17, 15) is 14.0 Å². The van der Waals surface area contributed by atoms with Crippen LogP contribution in [-0.2, 0) is 9.59 Å². The Balaban J connectivity index is 1.84. The van der Waals surface area contributed by atoms with Crippen LogP contribution in [0.3, 0.4) is 0 Å². The van der Waals surface area contributed by atoms with Crippen LogP contribution < -0.4 is 15.6 Å². The van der Waals surface area contributed by atoms with Crippen LogP contribution in [0.15, 0.2) is 24.3 Å². The normalized spacial score (nSPS) is 17.6. The molecule has 0 heterocycles. The molecule has 0 saturated heterocycles. The third kappa shape index (κ3) is 3.75. The molecule has 5 nitrogen and oxygen atoms in total. The Kier molecular flexibility index (Phi) is 5.00. The molecular formula is C16H21FN2O3. The minimum atomic E-state index is -0.923. The number of hydrogen-bond donors (Lipinski definition) is 2. The number of hydrogen-bond acceptors (Lipinski definition) is 3. The quantitative estimate of drug-likeness (QED) is 0.839. The summed E-state index contributed by atoms with van der Waals surface area (Å²) in [6, 6.07) is 5.85. The summed E-state index contributed by atoms with van der Waals surface area (Å²) in [5.74, 6) is -1.27. The van der Waals surface area contributed by atoms with Crippen LogP contribution >= 0.6 is 0 Å². The molecule has 0 spiro atoms. The highest BCUT2D eigenvalue weighted by Gasteiger charge is 2.36. The highest BCUT2D eigenvalue weighted by atomic mass is 19.1. The second kappa shape index (κ2) is 6.77. The molecule has 22 heavy (non-hydrogen) atoms. The molecule has 1 saturated carbocycles. The first-order valence-corrected chi connectivity index (χ1v) is 7.44. The molecule has 1 aliphatic rings. The predicted octanol–water partition coefficient (Wildman–Crippen LogP) is 2.32. The Labute approximate surface area is 129 Å². The number of amides is 2. The van der Waals surface area contributed by atoms with E-state index in [-0.39, 0.29) is 11.7 Å². The first kappa shape index (κ1) is 16.3. The van der Waals surface area contributed by atoms with Crippen molar-refractivity contribution in [2.45, 2.75) is 45.6 Å². The maximum atomic E-state index is 13.5. The van der Waals surface area contributed by atoms with E-state index >= 15 is 0 Å². The zero-order valence-corrected chi connectivity index (χ0v) is 12.8. The minimum Gasteiger partial charge on any atom is -0.478 e. The van der Waals surface area contributed by atoms with Crippen molar-refractivity contribution < 1.29 is 18.7 Å². The minimum absolute atomic E-state index is 0.000712. The molecular weight excluding hydrogens is 287 g/mol. The third-order valence-corrected chi connectivity index (χ3v) is 4.06. The molecule has 0 bridgehead atoms. The van der Waals surface area contributed by atoms with Crippen molar-refractivity contribution >= 4 is 11.8 Å². The zero-order valence-electron chi connectivity index (χ0n) is 12.8. The first-order chi connectivity index (χ1) is 10.4. The first-order valence-electron chi connectivity index (χ1n) is 7.44. The Morgan fingerprint density at radius 3 is 2.50 bits per heavy atom. The lowest BCUT2D eigenvalue weighted by Crippen LogP contribution is -2.51. The van der Waals surface area contributed by atoms with E-state index in [1.54, 1.807) is 6.07 Å². The van der Waals surface area contributed by atoms with Gasteiger partial charge in [-0.15, -0.1) is 0 Å². The second-order valence-electron chi connectivity index (χ2n) is 5.90. The molecule has 120 valence electrons. The summed E-state index contributed by atoms with van der Waals surface area (Å²) >= 11 is 0. The summed E-state index contributed by atoms with van der Waals surface area (Å²) in [6.07, 6.45) is 2.75. The number of benzene rings is 1. The van der Waals surface area contributed by atoms with Crippen LogP contribution in [0.25, 0.3) is 0 Å². The van der Waals surface area contributed by atoms with Crippen molar-refractivity contribution in [1.29, 1.82) is 0 Å². The predicted molar refractivity (Wildman–Crippen MR) is 79.4 cm³/mol. The summed E-state index contributed by atoms with van der Waals surface area (Å²) in [7, 11) is 0. The van der Waals surface area contributed by atoms with Crippen molar-refractivity contribution in [1.82, 2.24) is 10.9 Å². The largest absolute Gasteiger partial charge is 0.478 e. The number of carbonyl (C=O) groups is 2. The molecule has 0 radical (unpaired) electrons. The Hall–Kier alpha value is -2.11. The van der Waals surface area contributed by atoms with Gasteiger partial charge in [0.25, 0.3) is 5.91 Å². The lowest BCUT2D eigenvalue weighted by molar-refractivity contribution is -0.137. The summed E-state index contributed by atoms with van der Waals surface area (Å²) < 4.78 is 18.7. The zero-order chi connectivity index (χ0) is 16.2. The van der Waals surface area contributed by atoms with Gasteiger partial charge in [-0.2, -0.15) is 0 Å². The lowest BCUT2D eigenvalue weighted by atomic mass is 9.88. The average molecular weight is 308 g/mol. The van der Waals surface area contributed by atoms with Crippen LogP contribution in [-0.4, -0.2) is 17.9 Å². The lowest BCUT2D eigenvalue weighted by Gasteiger charge is -2.23. The summed E-state index contributed by atoms with van der Waals surface area (Å²) in [6.45, 7) is 3.38. The maximum Gasteiger partial charge on any atom is 0.279 e. The number of para-hydroxylation sites is 1. The number of carbonyl (C=O) groups excluding carboxylic acids is 2. The summed E-state index contributed by atoms with van der Waals surface area (Å²) in [4.78, 5) is 24.0. The van der Waals surface area contributed by atoms with Crippen molar-refractivity contribution in [2.24, 2.45) is 5.41 Å². The molecule has 1 atom stereocenters. The number of nitrogens with one attached hydrogen (secondary N) is 2. The van der Waals surface area contributed by atoms with Crippen molar-refractivity contribution in [3.05, 3.63) is 30.1 Å². The molecule has 2 N–H and O–H groups in total. The Bertz CT molecular complexity index is 556. The standard InChI is InChI=1S/C16H21FN2O3/c1-11(22-13-8-4-3-7-12(13)17)14(20)18-19-15(21)16(2)9-5-6-10-16/h3-4,7-8,11H,5-6,9-10H2,1-2H3,(H,18,20)(H,19,21). The molecule has 1 aromatic rings. The number of rotatable bonds is 4. The van der Waals surface area contributed by atoms with Crippen LogP contribution in [0, 0.1) is 11.2 Å². The second-order valence-corrected chi connectivity index (χ2v) is 5.90. The van der Waals surface area contributed by atoms with Gasteiger partial charge in [-0.1, -0.05) is 31.9 Å². The van der Waals surface area contributed by atoms with E-state index in [1.165, 1.54) is 25.1 Å². The molecule has 0 aliphatic heterocycles. The average Bonchev–Trinajstić information content (AvgIpc) is 2.94. The van der Waals surface area contributed by atoms with Crippen LogP contribution in [0.4, 0.5) is 4.39 Å². The van der Waals surface area contributed by atoms with E-state index < -0.39 is 23.2 Å². The number of ether oxygens (including phenoxy) is 1. The van der Waals surface area contributed by atoms with E-state index in [4.69, 9.17) is 4.74 Å². The van der Waals surface area contributed by atoms with Gasteiger partial charge in [0.2, 0.25) is 5.91 Å². The fraction of sp³-hybridized carbons (Fsp3) is 0.500. The van der Waals surface area contributed by atoms with E-state index in [0.717, 1.165) is 25.7 Å². The molecule has 6 heteroatoms. The summed E-state index contributed by atoms with van der Waals surface area (Å²) in [5, 5.41) is 0. The summed E-state index contributed by atoms with van der Waals surface area (Å²) in [5.41, 5.74) is 4.34. The Morgan fingerprint density at radius 2 is 1.86 bits per heavy atom. The monoisotopic (exact) mass is 308 g/mol. The van der Waals surface area contributed by atoms with Gasteiger partial charge in [0.05, 0.1) is 0 Å². The highest BCUT2D eigenvalue weighted by Crippen LogP contribution is 2.37. The van der Waals surface area contributed by atoms with Gasteiger partial charge in [-0.3, -0.25) is 20.4 Å². The van der Waals surface area contributed by atoms with E-state index in [1.807, 2.05) is 6.92 Å². The van der Waals surface area contributed by atoms with Gasteiger partial charge in [-0.05, 0) is 31.9 Å². The van der Waals surface area contributed by atoms with Gasteiger partial charge >= 0.3 is 0 Å². The SMILES string of the molecule is CC(Oc1ccccc1F)C(=O)NNC(=O)C1(C)CCCC1. The molecule has 1 fully saturated rings. The van der Waals surface area contributed by atoms with Crippen molar-refractivity contribution in [3.63, 3.8) is 0 Å². The van der Waals surface area contributed by atoms with Gasteiger partial charge in [-0.25, -0.2) is 4.39 Å². The van der Waals surface area contributed by atoms with Gasteiger partial charge in [0, 0.05) is 5.41 Å².